The molecule has 71 heavy (non-hydrogen) atoms. The zero-order valence-electron chi connectivity index (χ0n) is 40.2. The summed E-state index contributed by atoms with van der Waals surface area (Å²) in [6.07, 6.45) is 6.59. The van der Waals surface area contributed by atoms with Crippen LogP contribution >= 0.6 is 0 Å². The maximum absolute atomic E-state index is 2.43. The molecule has 0 unspecified atom stereocenters. The molecule has 0 heteroatoms. The highest BCUT2D eigenvalue weighted by molar-refractivity contribution is 6.05. The van der Waals surface area contributed by atoms with Gasteiger partial charge in [-0.3, -0.25) is 0 Å². The number of fused-ring (bicyclic) bond motifs is 5. The molecule has 0 radical (unpaired) electrons. The topological polar surface area (TPSA) is 0 Å². The second kappa shape index (κ2) is 17.4. The third-order valence-electron chi connectivity index (χ3n) is 15.5. The Hall–Kier alpha value is -8.58. The number of hydrogen-bond donors (Lipinski definition) is 0. The molecule has 0 N–H and O–H groups in total. The van der Waals surface area contributed by atoms with Crippen LogP contribution < -0.4 is 0 Å². The molecule has 0 aromatic heterocycles. The van der Waals surface area contributed by atoms with Crippen molar-refractivity contribution < 1.29 is 0 Å². The van der Waals surface area contributed by atoms with Gasteiger partial charge in [-0.1, -0.05) is 257 Å². The third-order valence-corrected chi connectivity index (χ3v) is 15.5. The number of hydrogen-bond acceptors (Lipinski definition) is 0. The molecule has 0 nitrogen and oxygen atoms in total. The van der Waals surface area contributed by atoms with Crippen LogP contribution in [0.2, 0.25) is 0 Å². The maximum atomic E-state index is 2.43. The molecule has 0 atom stereocenters. The molecule has 0 spiro atoms. The van der Waals surface area contributed by atoms with Crippen LogP contribution in [0.3, 0.4) is 0 Å². The van der Waals surface area contributed by atoms with Gasteiger partial charge in [0.15, 0.2) is 0 Å². The standard InChI is InChI=1S/C71H52/c1-71(2)69-45-57(51-25-21-47(22-26-51)49-29-33-55(34-30-49)61-43-41-59(53-13-5-3-6-14-53)63-17-9-11-19-65(61)63)37-39-67(69)68-40-38-58(46-70(68)71)52-27-23-48(24-28-52)50-31-35-56(36-32-50)62-44-42-60(54-15-7-4-8-16-54)64-18-10-12-20-66(62)64/h3-17,19,21-46H,18,20H2,1-2H3. The minimum absolute atomic E-state index is 0.134. The summed E-state index contributed by atoms with van der Waals surface area (Å²) < 4.78 is 0. The minimum atomic E-state index is -0.134. The average Bonchev–Trinajstić information content (AvgIpc) is 3.67. The summed E-state index contributed by atoms with van der Waals surface area (Å²) in [5, 5.41) is 2.55. The number of benzene rings is 11. The van der Waals surface area contributed by atoms with E-state index in [1.54, 1.807) is 0 Å². The van der Waals surface area contributed by atoms with Crippen LogP contribution in [-0.4, -0.2) is 0 Å². The summed E-state index contributed by atoms with van der Waals surface area (Å²) in [6.45, 7) is 4.77. The van der Waals surface area contributed by atoms with Gasteiger partial charge >= 0.3 is 0 Å². The van der Waals surface area contributed by atoms with E-state index < -0.39 is 0 Å². The van der Waals surface area contributed by atoms with E-state index in [0.717, 1.165) is 12.8 Å². The molecule has 336 valence electrons. The van der Waals surface area contributed by atoms with E-state index in [9.17, 15) is 0 Å². The summed E-state index contributed by atoms with van der Waals surface area (Å²) >= 11 is 0. The second-order valence-electron chi connectivity index (χ2n) is 19.9. The van der Waals surface area contributed by atoms with Gasteiger partial charge in [-0.25, -0.2) is 0 Å². The first-order valence-corrected chi connectivity index (χ1v) is 25.1. The van der Waals surface area contributed by atoms with Gasteiger partial charge < -0.3 is 0 Å². The first-order valence-electron chi connectivity index (χ1n) is 25.1. The monoisotopic (exact) mass is 904 g/mol. The van der Waals surface area contributed by atoms with E-state index in [2.05, 4.69) is 269 Å². The molecule has 11 aromatic carbocycles. The Morgan fingerprint density at radius 3 is 0.901 bits per heavy atom. The molecule has 0 saturated heterocycles. The number of rotatable bonds is 8. The van der Waals surface area contributed by atoms with E-state index in [-0.39, 0.29) is 5.41 Å². The summed E-state index contributed by atoms with van der Waals surface area (Å²) in [5.74, 6) is 0. The normalized spacial score (nSPS) is 13.2. The van der Waals surface area contributed by atoms with Crippen molar-refractivity contribution in [3.05, 3.63) is 277 Å². The summed E-state index contributed by atoms with van der Waals surface area (Å²) in [4.78, 5) is 0. The summed E-state index contributed by atoms with van der Waals surface area (Å²) in [7, 11) is 0. The maximum Gasteiger partial charge on any atom is 0.0159 e. The van der Waals surface area contributed by atoms with Crippen LogP contribution in [0.1, 0.15) is 36.1 Å². The van der Waals surface area contributed by atoms with E-state index in [0.29, 0.717) is 0 Å². The molecular weight excluding hydrogens is 853 g/mol. The lowest BCUT2D eigenvalue weighted by molar-refractivity contribution is 0.661. The molecule has 0 heterocycles. The molecular formula is C71H52. The van der Waals surface area contributed by atoms with Crippen molar-refractivity contribution in [3.63, 3.8) is 0 Å². The summed E-state index contributed by atoms with van der Waals surface area (Å²) in [6, 6.07) is 90.0. The molecule has 11 aromatic rings. The predicted molar refractivity (Wildman–Crippen MR) is 302 cm³/mol. The van der Waals surface area contributed by atoms with Crippen LogP contribution in [0.25, 0.3) is 111 Å². The van der Waals surface area contributed by atoms with Crippen molar-refractivity contribution in [2.75, 3.05) is 0 Å². The van der Waals surface area contributed by atoms with Gasteiger partial charge in [0.25, 0.3) is 0 Å². The molecule has 0 fully saturated rings. The van der Waals surface area contributed by atoms with Crippen molar-refractivity contribution >= 4 is 10.8 Å². The molecule has 13 rings (SSSR count). The van der Waals surface area contributed by atoms with Crippen LogP contribution in [-0.2, 0) is 18.3 Å². The van der Waals surface area contributed by atoms with E-state index in [1.807, 2.05) is 0 Å². The zero-order chi connectivity index (χ0) is 47.5. The fraction of sp³-hybridized carbons (Fsp3) is 0.0704. The quantitative estimate of drug-likeness (QED) is 0.133. The average molecular weight is 905 g/mol. The minimum Gasteiger partial charge on any atom is -0.0838 e. The lowest BCUT2D eigenvalue weighted by Crippen LogP contribution is -2.15. The van der Waals surface area contributed by atoms with Crippen molar-refractivity contribution in [3.8, 4) is 100 Å². The largest absolute Gasteiger partial charge is 0.0838 e. The Kier molecular flexibility index (Phi) is 10.4. The van der Waals surface area contributed by atoms with Crippen molar-refractivity contribution in [2.24, 2.45) is 0 Å². The van der Waals surface area contributed by atoms with Crippen molar-refractivity contribution in [1.82, 2.24) is 0 Å². The zero-order valence-corrected chi connectivity index (χ0v) is 40.2. The molecule has 2 aliphatic carbocycles. The van der Waals surface area contributed by atoms with Gasteiger partial charge in [-0.2, -0.15) is 0 Å². The number of allylic oxidation sites excluding steroid dienone is 2. The lowest BCUT2D eigenvalue weighted by atomic mass is 9.80. The molecule has 2 aliphatic rings. The smallest absolute Gasteiger partial charge is 0.0159 e. The SMILES string of the molecule is CC1(C)c2cc(-c3ccc(-c4ccc(-c5ccc(-c6ccccc6)c6c5CC=CC6)cc4)cc3)ccc2-c2ccc(-c3ccc(-c4ccc(-c5ccc(-c6ccccc6)c6ccccc56)cc4)cc3)cc21. The van der Waals surface area contributed by atoms with Crippen LogP contribution in [0.5, 0.6) is 0 Å². The lowest BCUT2D eigenvalue weighted by Gasteiger charge is -2.22. The Morgan fingerprint density at radius 1 is 0.239 bits per heavy atom. The Bertz CT molecular complexity index is 3810. The van der Waals surface area contributed by atoms with Gasteiger partial charge in [0.05, 0.1) is 0 Å². The van der Waals surface area contributed by atoms with Gasteiger partial charge in [-0.05, 0) is 158 Å². The van der Waals surface area contributed by atoms with E-state index in [4.69, 9.17) is 0 Å². The fourth-order valence-electron chi connectivity index (χ4n) is 11.6. The first kappa shape index (κ1) is 42.5. The Morgan fingerprint density at radius 2 is 0.507 bits per heavy atom. The van der Waals surface area contributed by atoms with Crippen molar-refractivity contribution in [2.45, 2.75) is 32.1 Å². The predicted octanol–water partition coefficient (Wildman–Crippen LogP) is 19.1. The van der Waals surface area contributed by atoms with Gasteiger partial charge in [-0.15, -0.1) is 0 Å². The van der Waals surface area contributed by atoms with Crippen LogP contribution in [0.15, 0.2) is 255 Å². The fourth-order valence-corrected chi connectivity index (χ4v) is 11.6. The molecule has 0 aliphatic heterocycles. The molecule has 0 saturated carbocycles. The van der Waals surface area contributed by atoms with Gasteiger partial charge in [0.2, 0.25) is 0 Å². The van der Waals surface area contributed by atoms with E-state index >= 15 is 0 Å². The molecule has 0 bridgehead atoms. The third kappa shape index (κ3) is 7.56. The highest BCUT2D eigenvalue weighted by Crippen LogP contribution is 2.51. The summed E-state index contributed by atoms with van der Waals surface area (Å²) in [5.41, 5.74) is 28.3. The molecule has 0 amide bonds. The van der Waals surface area contributed by atoms with Gasteiger partial charge in [0, 0.05) is 5.41 Å². The highest BCUT2D eigenvalue weighted by Gasteiger charge is 2.36. The second-order valence-corrected chi connectivity index (χ2v) is 19.9. The Labute approximate surface area is 417 Å². The Balaban J connectivity index is 0.712. The highest BCUT2D eigenvalue weighted by atomic mass is 14.4. The van der Waals surface area contributed by atoms with Crippen LogP contribution in [0.4, 0.5) is 0 Å². The first-order chi connectivity index (χ1) is 34.9. The van der Waals surface area contributed by atoms with Crippen molar-refractivity contribution in [1.29, 1.82) is 0 Å². The van der Waals surface area contributed by atoms with Crippen LogP contribution in [0, 0.1) is 0 Å². The van der Waals surface area contributed by atoms with E-state index in [1.165, 1.54) is 133 Å². The van der Waals surface area contributed by atoms with Gasteiger partial charge in [0.1, 0.15) is 0 Å².